The van der Waals surface area contributed by atoms with Crippen LogP contribution in [-0.2, 0) is 34.7 Å². The lowest BCUT2D eigenvalue weighted by Crippen LogP contribution is -2.49. The maximum Gasteiger partial charge on any atom is 0.338 e. The third-order valence-electron chi connectivity index (χ3n) is 6.67. The second-order valence-electron chi connectivity index (χ2n) is 10.6. The van der Waals surface area contributed by atoms with Crippen molar-refractivity contribution in [1.29, 1.82) is 0 Å². The second-order valence-corrected chi connectivity index (χ2v) is 15.4. The first-order valence-electron chi connectivity index (χ1n) is 12.7. The van der Waals surface area contributed by atoms with Crippen molar-refractivity contribution in [1.82, 2.24) is 10.6 Å². The molecule has 3 N–H and O–H groups in total. The molecule has 1 aliphatic rings. The molecule has 0 aliphatic carbocycles. The van der Waals surface area contributed by atoms with Crippen LogP contribution in [0.1, 0.15) is 52.5 Å². The summed E-state index contributed by atoms with van der Waals surface area (Å²) in [5, 5.41) is 15.3. The average molecular weight is 523 g/mol. The van der Waals surface area contributed by atoms with Crippen LogP contribution in [0.3, 0.4) is 0 Å². The molecule has 0 unspecified atom stereocenters. The van der Waals surface area contributed by atoms with Gasteiger partial charge in [-0.15, -0.1) is 0 Å². The van der Waals surface area contributed by atoms with E-state index in [4.69, 9.17) is 13.9 Å². The van der Waals surface area contributed by atoms with Crippen molar-refractivity contribution in [2.24, 2.45) is 0 Å². The highest BCUT2D eigenvalue weighted by atomic mass is 28.4. The van der Waals surface area contributed by atoms with Crippen LogP contribution in [0.2, 0.25) is 18.1 Å². The topological polar surface area (TPSA) is 126 Å². The highest BCUT2D eigenvalue weighted by Crippen LogP contribution is 2.36. The Bertz CT molecular complexity index is 883. The average Bonchev–Trinajstić information content (AvgIpc) is 3.60. The van der Waals surface area contributed by atoms with Crippen LogP contribution in [0.15, 0.2) is 24.3 Å². The molecule has 1 aromatic carbocycles. The van der Waals surface area contributed by atoms with E-state index in [1.807, 2.05) is 0 Å². The van der Waals surface area contributed by atoms with Crippen molar-refractivity contribution in [3.63, 3.8) is 0 Å². The third-order valence-corrected chi connectivity index (χ3v) is 11.2. The molecule has 2 amide bonds. The molecule has 1 saturated heterocycles. The number of hydrogen-bond donors (Lipinski definition) is 3. The van der Waals surface area contributed by atoms with E-state index in [9.17, 15) is 19.5 Å². The zero-order chi connectivity index (χ0) is 26.9. The molecule has 2 rings (SSSR count). The monoisotopic (exact) mass is 522 g/mol. The van der Waals surface area contributed by atoms with E-state index in [0.717, 1.165) is 24.8 Å². The van der Waals surface area contributed by atoms with Gasteiger partial charge >= 0.3 is 5.97 Å². The first kappa shape index (κ1) is 29.8. The Morgan fingerprint density at radius 2 is 1.75 bits per heavy atom. The van der Waals surface area contributed by atoms with Crippen LogP contribution < -0.4 is 10.6 Å². The molecule has 0 spiro atoms. The number of rotatable bonds is 14. The van der Waals surface area contributed by atoms with E-state index in [-0.39, 0.29) is 29.7 Å². The minimum absolute atomic E-state index is 0.116. The van der Waals surface area contributed by atoms with Gasteiger partial charge in [-0.1, -0.05) is 32.9 Å². The number of nitrogens with one attached hydrogen (secondary N) is 2. The molecule has 1 fully saturated rings. The molecule has 0 radical (unpaired) electrons. The summed E-state index contributed by atoms with van der Waals surface area (Å²) in [6, 6.07) is 5.59. The number of benzene rings is 1. The largest absolute Gasteiger partial charge is 0.508 e. The number of hydrogen-bond acceptors (Lipinski definition) is 7. The van der Waals surface area contributed by atoms with Crippen LogP contribution in [0.5, 0.6) is 5.75 Å². The van der Waals surface area contributed by atoms with Crippen molar-refractivity contribution in [3.05, 3.63) is 29.8 Å². The number of esters is 1. The molecule has 10 heteroatoms. The minimum atomic E-state index is -1.75. The Hall–Kier alpha value is -2.43. The third kappa shape index (κ3) is 9.22. The second kappa shape index (κ2) is 13.2. The number of carbonyl (C=O) groups is 3. The van der Waals surface area contributed by atoms with E-state index in [1.165, 1.54) is 12.1 Å². The highest BCUT2D eigenvalue weighted by molar-refractivity contribution is 6.74. The van der Waals surface area contributed by atoms with Crippen molar-refractivity contribution in [2.75, 3.05) is 19.8 Å². The van der Waals surface area contributed by atoms with Gasteiger partial charge in [0, 0.05) is 19.6 Å². The van der Waals surface area contributed by atoms with Gasteiger partial charge < -0.3 is 29.6 Å². The number of phenols is 1. The number of epoxide rings is 1. The molecule has 0 aromatic heterocycles. The fourth-order valence-electron chi connectivity index (χ4n) is 3.33. The normalized spacial score (nSPS) is 18.3. The number of phenolic OH excluding ortho intramolecular Hbond substituents is 1. The fourth-order valence-corrected chi connectivity index (χ4v) is 4.42. The Labute approximate surface area is 215 Å². The maximum atomic E-state index is 12.9. The smallest absolute Gasteiger partial charge is 0.338 e. The number of aromatic hydroxyl groups is 1. The van der Waals surface area contributed by atoms with E-state index in [0.29, 0.717) is 13.2 Å². The summed E-state index contributed by atoms with van der Waals surface area (Å²) in [6.45, 7) is 14.2. The van der Waals surface area contributed by atoms with Crippen LogP contribution in [0, 0.1) is 0 Å². The van der Waals surface area contributed by atoms with Gasteiger partial charge in [0.25, 0.3) is 5.91 Å². The number of carbonyl (C=O) groups excluding carboxylic acids is 3. The van der Waals surface area contributed by atoms with E-state index in [1.54, 1.807) is 19.1 Å². The molecule has 9 nitrogen and oxygen atoms in total. The summed E-state index contributed by atoms with van der Waals surface area (Å²) in [7, 11) is -1.75. The highest BCUT2D eigenvalue weighted by Gasteiger charge is 2.52. The lowest BCUT2D eigenvalue weighted by atomic mass is 10.0. The molecule has 0 saturated carbocycles. The predicted molar refractivity (Wildman–Crippen MR) is 139 cm³/mol. The summed E-state index contributed by atoms with van der Waals surface area (Å²) in [5.41, 5.74) is 0.773. The van der Waals surface area contributed by atoms with Crippen molar-refractivity contribution < 1.29 is 33.4 Å². The van der Waals surface area contributed by atoms with E-state index < -0.39 is 38.4 Å². The predicted octanol–water partition coefficient (Wildman–Crippen LogP) is 3.06. The first-order valence-corrected chi connectivity index (χ1v) is 15.6. The lowest BCUT2D eigenvalue weighted by Gasteiger charge is -2.36. The molecule has 1 aromatic rings. The molecular weight excluding hydrogens is 480 g/mol. The molecule has 1 aliphatic heterocycles. The number of ether oxygens (including phenoxy) is 2. The molecule has 1 heterocycles. The van der Waals surface area contributed by atoms with Crippen molar-refractivity contribution in [3.8, 4) is 5.75 Å². The van der Waals surface area contributed by atoms with Gasteiger partial charge in [-0.2, -0.15) is 0 Å². The van der Waals surface area contributed by atoms with Crippen LogP contribution in [0.25, 0.3) is 0 Å². The van der Waals surface area contributed by atoms with Crippen molar-refractivity contribution in [2.45, 2.75) is 89.8 Å². The van der Waals surface area contributed by atoms with Gasteiger partial charge in [0.1, 0.15) is 11.8 Å². The summed E-state index contributed by atoms with van der Waals surface area (Å²) >= 11 is 0. The van der Waals surface area contributed by atoms with Gasteiger partial charge in [-0.3, -0.25) is 9.59 Å². The summed E-state index contributed by atoms with van der Waals surface area (Å²) in [6.07, 6.45) is 0.972. The van der Waals surface area contributed by atoms with E-state index in [2.05, 4.69) is 44.5 Å². The van der Waals surface area contributed by atoms with Crippen LogP contribution in [-0.4, -0.2) is 69.2 Å². The van der Waals surface area contributed by atoms with Gasteiger partial charge in [-0.25, -0.2) is 4.79 Å². The van der Waals surface area contributed by atoms with Crippen LogP contribution in [0.4, 0.5) is 0 Å². The first-order chi connectivity index (χ1) is 16.9. The van der Waals surface area contributed by atoms with E-state index >= 15 is 0 Å². The maximum absolute atomic E-state index is 12.9. The molecule has 202 valence electrons. The fraction of sp³-hybridized carbons (Fsp3) is 0.654. The molecule has 3 atom stereocenters. The Morgan fingerprint density at radius 1 is 1.08 bits per heavy atom. The molecule has 36 heavy (non-hydrogen) atoms. The van der Waals surface area contributed by atoms with Gasteiger partial charge in [-0.05, 0) is 62.0 Å². The Kier molecular flexibility index (Phi) is 10.9. The number of unbranched alkanes of at least 4 members (excludes halogenated alkanes) is 2. The zero-order valence-electron chi connectivity index (χ0n) is 22.4. The lowest BCUT2D eigenvalue weighted by molar-refractivity contribution is -0.144. The Morgan fingerprint density at radius 3 is 2.36 bits per heavy atom. The van der Waals surface area contributed by atoms with Gasteiger partial charge in [0.2, 0.25) is 5.91 Å². The number of amides is 2. The summed E-state index contributed by atoms with van der Waals surface area (Å²) in [4.78, 5) is 37.3. The quantitative estimate of drug-likeness (QED) is 0.148. The van der Waals surface area contributed by atoms with Gasteiger partial charge in [0.05, 0.1) is 6.61 Å². The van der Waals surface area contributed by atoms with Crippen LogP contribution >= 0.6 is 0 Å². The van der Waals surface area contributed by atoms with Gasteiger partial charge in [0.15, 0.2) is 20.5 Å². The zero-order valence-corrected chi connectivity index (χ0v) is 23.4. The molecule has 0 bridgehead atoms. The SMILES string of the molecule is CCOC(=O)[C@H]1O[C@@H]1C(=O)N[C@@H](Cc1ccc(O)cc1)C(=O)NCCCCCO[Si](C)(C)C(C)(C)C. The Balaban J connectivity index is 1.83. The standard InChI is InChI=1S/C26H42N2O7Si/c1-7-33-25(32)22-21(35-22)24(31)28-20(17-18-11-13-19(29)14-12-18)23(30)27-15-9-8-10-16-34-36(5,6)26(2,3)4/h11-14,20-22,29H,7-10,15-17H2,1-6H3,(H,27,30)(H,28,31)/t20-,21-,22-/m0/s1. The summed E-state index contributed by atoms with van der Waals surface area (Å²) < 4.78 is 16.2. The molecular formula is C26H42N2O7Si. The summed E-state index contributed by atoms with van der Waals surface area (Å²) in [5.74, 6) is -1.32. The van der Waals surface area contributed by atoms with Crippen molar-refractivity contribution >= 4 is 26.1 Å². The minimum Gasteiger partial charge on any atom is -0.508 e.